The van der Waals surface area contributed by atoms with Crippen molar-refractivity contribution in [1.82, 2.24) is 32.6 Å². The number of amides is 6. The quantitative estimate of drug-likeness (QED) is 0.107. The third-order valence-corrected chi connectivity index (χ3v) is 6.61. The summed E-state index contributed by atoms with van der Waals surface area (Å²) >= 11 is 0. The molecule has 4 aromatic carbocycles. The van der Waals surface area contributed by atoms with E-state index in [1.807, 2.05) is 0 Å². The molecule has 0 bridgehead atoms. The monoisotopic (exact) mass is 699 g/mol. The second kappa shape index (κ2) is 15.7. The fourth-order valence-corrected chi connectivity index (χ4v) is 4.00. The molecule has 0 saturated heterocycles. The van der Waals surface area contributed by atoms with Crippen LogP contribution in [-0.4, -0.2) is 50.2 Å². The van der Waals surface area contributed by atoms with Gasteiger partial charge in [0.15, 0.2) is 0 Å². The summed E-state index contributed by atoms with van der Waals surface area (Å²) in [6.45, 7) is 0. The van der Waals surface area contributed by atoms with E-state index in [1.54, 1.807) is 0 Å². The van der Waals surface area contributed by atoms with Gasteiger partial charge in [0.05, 0.1) is 14.8 Å². The molecular weight excluding hydrogens is 678 g/mol. The number of hydrogen-bond donors (Lipinski definition) is 6. The van der Waals surface area contributed by atoms with Gasteiger partial charge in [0.1, 0.15) is 0 Å². The minimum Gasteiger partial charge on any atom is -0.267 e. The molecule has 0 aromatic heterocycles. The Bertz CT molecular complexity index is 1840. The maximum Gasteiger partial charge on any atom is 0.269 e. The van der Waals surface area contributed by atoms with Crippen LogP contribution >= 0.6 is 0 Å². The van der Waals surface area contributed by atoms with E-state index in [4.69, 9.17) is 0 Å². The van der Waals surface area contributed by atoms with E-state index in [0.29, 0.717) is 0 Å². The Morgan fingerprint density at radius 1 is 0.333 bits per heavy atom. The van der Waals surface area contributed by atoms with Crippen molar-refractivity contribution >= 4 is 52.5 Å². The fourth-order valence-electron chi connectivity index (χ4n) is 4.00. The molecule has 0 aliphatic rings. The van der Waals surface area contributed by atoms with Crippen molar-refractivity contribution in [1.29, 1.82) is 0 Å². The summed E-state index contributed by atoms with van der Waals surface area (Å²) < 4.78 is 0. The average molecular weight is 700 g/mol. The Hall–Kier alpha value is -8.10. The molecule has 4 rings (SSSR count). The van der Waals surface area contributed by atoms with Crippen LogP contribution in [0.3, 0.4) is 0 Å². The van der Waals surface area contributed by atoms with Crippen LogP contribution in [0.1, 0.15) is 62.1 Å². The Morgan fingerprint density at radius 3 is 0.686 bits per heavy atom. The van der Waals surface area contributed by atoms with Crippen molar-refractivity contribution in [2.24, 2.45) is 0 Å². The van der Waals surface area contributed by atoms with Gasteiger partial charge in [-0.15, -0.1) is 0 Å². The zero-order valence-corrected chi connectivity index (χ0v) is 25.4. The smallest absolute Gasteiger partial charge is 0.267 e. The van der Waals surface area contributed by atoms with Gasteiger partial charge in [0.2, 0.25) is 0 Å². The minimum atomic E-state index is -1.06. The van der Waals surface area contributed by atoms with Gasteiger partial charge in [0.25, 0.3) is 52.5 Å². The molecule has 0 spiro atoms. The summed E-state index contributed by atoms with van der Waals surface area (Å²) in [5.74, 6) is -5.81. The highest BCUT2D eigenvalue weighted by Crippen LogP contribution is 2.15. The molecule has 0 unspecified atom stereocenters. The molecule has 21 nitrogen and oxygen atoms in total. The molecule has 0 saturated carbocycles. The van der Waals surface area contributed by atoms with Crippen molar-refractivity contribution in [2.45, 2.75) is 0 Å². The van der Waals surface area contributed by atoms with Crippen LogP contribution in [0.25, 0.3) is 0 Å². The second-order valence-corrected chi connectivity index (χ2v) is 9.94. The molecular formula is C30H21N9O12. The second-order valence-electron chi connectivity index (χ2n) is 9.94. The van der Waals surface area contributed by atoms with Gasteiger partial charge in [0, 0.05) is 69.8 Å². The lowest BCUT2D eigenvalue weighted by molar-refractivity contribution is -0.385. The molecule has 0 heterocycles. The lowest BCUT2D eigenvalue weighted by Crippen LogP contribution is -2.43. The third-order valence-electron chi connectivity index (χ3n) is 6.61. The maximum absolute atomic E-state index is 13.0. The lowest BCUT2D eigenvalue weighted by Gasteiger charge is -2.13. The topological polar surface area (TPSA) is 304 Å². The Kier molecular flexibility index (Phi) is 11.0. The van der Waals surface area contributed by atoms with Gasteiger partial charge in [-0.3, -0.25) is 91.7 Å². The zero-order chi connectivity index (χ0) is 37.2. The Labute approximate surface area is 283 Å². The zero-order valence-electron chi connectivity index (χ0n) is 25.4. The number of hydrazine groups is 3. The number of nitrogens with zero attached hydrogens (tertiary/aromatic N) is 3. The number of benzene rings is 4. The first-order valence-corrected chi connectivity index (χ1v) is 13.9. The van der Waals surface area contributed by atoms with Crippen molar-refractivity contribution in [2.75, 3.05) is 0 Å². The van der Waals surface area contributed by atoms with Gasteiger partial charge in [-0.2, -0.15) is 0 Å². The normalized spacial score (nSPS) is 10.1. The van der Waals surface area contributed by atoms with Crippen LogP contribution in [0, 0.1) is 30.3 Å². The van der Waals surface area contributed by atoms with E-state index in [9.17, 15) is 59.1 Å². The van der Waals surface area contributed by atoms with E-state index in [2.05, 4.69) is 32.6 Å². The molecule has 0 aliphatic heterocycles. The first-order valence-electron chi connectivity index (χ1n) is 13.9. The number of nitrogens with one attached hydrogen (secondary N) is 6. The average Bonchev–Trinajstić information content (AvgIpc) is 3.14. The van der Waals surface area contributed by atoms with Crippen molar-refractivity contribution in [3.05, 3.63) is 155 Å². The van der Waals surface area contributed by atoms with Crippen LogP contribution < -0.4 is 32.6 Å². The first kappa shape index (κ1) is 35.7. The minimum absolute atomic E-state index is 0.0679. The van der Waals surface area contributed by atoms with E-state index in [-0.39, 0.29) is 50.4 Å². The highest BCUT2D eigenvalue weighted by Gasteiger charge is 2.20. The largest absolute Gasteiger partial charge is 0.269 e. The van der Waals surface area contributed by atoms with Gasteiger partial charge < -0.3 is 0 Å². The van der Waals surface area contributed by atoms with Crippen LogP contribution in [-0.2, 0) is 0 Å². The molecule has 0 fully saturated rings. The van der Waals surface area contributed by atoms with Crippen LogP contribution in [0.4, 0.5) is 17.1 Å². The number of carbonyl (C=O) groups excluding carboxylic acids is 6. The van der Waals surface area contributed by atoms with E-state index >= 15 is 0 Å². The summed E-state index contributed by atoms with van der Waals surface area (Å²) in [7, 11) is 0. The van der Waals surface area contributed by atoms with E-state index < -0.39 is 50.2 Å². The summed E-state index contributed by atoms with van der Waals surface area (Å²) in [4.78, 5) is 107. The van der Waals surface area contributed by atoms with Crippen molar-refractivity contribution in [3.8, 4) is 0 Å². The third kappa shape index (κ3) is 9.25. The summed E-state index contributed by atoms with van der Waals surface area (Å²) in [5.41, 5.74) is 10.2. The molecule has 21 heteroatoms. The van der Waals surface area contributed by atoms with Crippen molar-refractivity contribution in [3.63, 3.8) is 0 Å². The number of hydrogen-bond acceptors (Lipinski definition) is 12. The number of non-ortho nitro benzene ring substituents is 3. The molecule has 0 radical (unpaired) electrons. The van der Waals surface area contributed by atoms with Gasteiger partial charge >= 0.3 is 0 Å². The molecule has 0 aliphatic carbocycles. The van der Waals surface area contributed by atoms with Crippen LogP contribution in [0.5, 0.6) is 0 Å². The summed E-state index contributed by atoms with van der Waals surface area (Å²) in [6.07, 6.45) is 0. The molecule has 4 aromatic rings. The standard InChI is InChI=1S/C30H21N9O12/c40-25(16-1-7-22(8-2-16)37(46)47)31-34-28(43)19-13-20(29(44)35-32-26(41)17-3-9-23(10-4-17)38(48)49)15-21(14-19)30(45)36-33-27(42)18-5-11-24(12-6-18)39(50)51/h1-15H,(H,31,40)(H,32,41)(H,33,42)(H,34,43)(H,35,44)(H,36,45). The molecule has 6 amide bonds. The van der Waals surface area contributed by atoms with Crippen LogP contribution in [0.2, 0.25) is 0 Å². The van der Waals surface area contributed by atoms with E-state index in [0.717, 1.165) is 91.0 Å². The first-order chi connectivity index (χ1) is 24.2. The molecule has 6 N–H and O–H groups in total. The van der Waals surface area contributed by atoms with Gasteiger partial charge in [-0.05, 0) is 54.6 Å². The highest BCUT2D eigenvalue weighted by molar-refractivity contribution is 6.06. The number of nitro groups is 3. The number of carbonyl (C=O) groups is 6. The molecule has 0 atom stereocenters. The number of nitro benzene ring substituents is 3. The summed E-state index contributed by atoms with van der Waals surface area (Å²) in [5, 5.41) is 32.6. The molecule has 51 heavy (non-hydrogen) atoms. The molecule has 258 valence electrons. The predicted octanol–water partition coefficient (Wildman–Crippen LogP) is 1.64. The van der Waals surface area contributed by atoms with Gasteiger partial charge in [-0.1, -0.05) is 0 Å². The maximum atomic E-state index is 13.0. The summed E-state index contributed by atoms with van der Waals surface area (Å²) in [6, 6.07) is 16.1. The Morgan fingerprint density at radius 2 is 0.510 bits per heavy atom. The van der Waals surface area contributed by atoms with Crippen LogP contribution in [0.15, 0.2) is 91.0 Å². The SMILES string of the molecule is O=C(NNC(=O)c1cc(C(=O)NNC(=O)c2ccc([N+](=O)[O-])cc2)cc(C(=O)NNC(=O)c2ccc([N+](=O)[O-])cc2)c1)c1ccc([N+](=O)[O-])cc1. The van der Waals surface area contributed by atoms with Gasteiger partial charge in [-0.25, -0.2) is 0 Å². The van der Waals surface area contributed by atoms with E-state index in [1.165, 1.54) is 0 Å². The lowest BCUT2D eigenvalue weighted by atomic mass is 10.0. The predicted molar refractivity (Wildman–Crippen MR) is 171 cm³/mol. The fraction of sp³-hybridized carbons (Fsp3) is 0. The van der Waals surface area contributed by atoms with Crippen molar-refractivity contribution < 1.29 is 43.5 Å². The Balaban J connectivity index is 1.51. The number of rotatable bonds is 9. The highest BCUT2D eigenvalue weighted by atomic mass is 16.6.